The molecule has 0 aromatic carbocycles. The van der Waals surface area contributed by atoms with Crippen molar-refractivity contribution in [1.29, 1.82) is 0 Å². The van der Waals surface area contributed by atoms with Crippen LogP contribution in [0.5, 0.6) is 0 Å². The quantitative estimate of drug-likeness (QED) is 0.566. The van der Waals surface area contributed by atoms with Crippen LogP contribution in [0.1, 0.15) is 13.3 Å². The largest absolute Gasteiger partial charge is 0.469 e. The first-order valence-electron chi connectivity index (χ1n) is 4.14. The van der Waals surface area contributed by atoms with E-state index in [9.17, 15) is 31.5 Å². The highest BCUT2D eigenvalue weighted by Gasteiger charge is 2.64. The van der Waals surface area contributed by atoms with Gasteiger partial charge in [-0.05, 0) is 0 Å². The first-order valence-corrected chi connectivity index (χ1v) is 4.14. The predicted octanol–water partition coefficient (Wildman–Crippen LogP) is 1.93. The Balaban J connectivity index is 0. The van der Waals surface area contributed by atoms with E-state index in [1.54, 1.807) is 6.92 Å². The molecule has 17 heavy (non-hydrogen) atoms. The van der Waals surface area contributed by atoms with Gasteiger partial charge in [0, 0.05) is 6.42 Å². The van der Waals surface area contributed by atoms with E-state index < -0.39 is 18.1 Å². The molecule has 0 unspecified atom stereocenters. The van der Waals surface area contributed by atoms with Crippen molar-refractivity contribution < 1.29 is 41.0 Å². The molecule has 0 rings (SSSR count). The second-order valence-electron chi connectivity index (χ2n) is 2.49. The number of rotatable bonds is 2. The summed E-state index contributed by atoms with van der Waals surface area (Å²) in [5.41, 5.74) is 0. The van der Waals surface area contributed by atoms with Gasteiger partial charge in [0.15, 0.2) is 0 Å². The molecule has 0 atom stereocenters. The van der Waals surface area contributed by atoms with Crippen LogP contribution < -0.4 is 0 Å². The molecule has 0 saturated heterocycles. The first kappa shape index (κ1) is 18.0. The van der Waals surface area contributed by atoms with Crippen molar-refractivity contribution in [2.45, 2.75) is 25.4 Å². The molecule has 0 aliphatic heterocycles. The fourth-order valence-electron chi connectivity index (χ4n) is 0.388. The Morgan fingerprint density at radius 3 is 1.47 bits per heavy atom. The van der Waals surface area contributed by atoms with Crippen LogP contribution in [0.4, 0.5) is 22.0 Å². The van der Waals surface area contributed by atoms with Gasteiger partial charge in [0.05, 0.1) is 14.2 Å². The van der Waals surface area contributed by atoms with Gasteiger partial charge in [0.2, 0.25) is 0 Å². The Morgan fingerprint density at radius 1 is 1.00 bits per heavy atom. The van der Waals surface area contributed by atoms with Crippen molar-refractivity contribution in [1.82, 2.24) is 0 Å². The second-order valence-corrected chi connectivity index (χ2v) is 2.49. The van der Waals surface area contributed by atoms with Crippen molar-refractivity contribution in [3.63, 3.8) is 0 Å². The number of ether oxygens (including phenoxy) is 2. The van der Waals surface area contributed by atoms with Crippen LogP contribution in [0.25, 0.3) is 0 Å². The lowest BCUT2D eigenvalue weighted by molar-refractivity contribution is -0.279. The Hall–Kier alpha value is -1.41. The Labute approximate surface area is 93.7 Å². The van der Waals surface area contributed by atoms with Crippen LogP contribution in [-0.4, -0.2) is 38.3 Å². The Bertz CT molecular complexity index is 255. The summed E-state index contributed by atoms with van der Waals surface area (Å²) in [6.07, 6.45) is -5.42. The molecule has 0 heterocycles. The summed E-state index contributed by atoms with van der Waals surface area (Å²) < 4.78 is 64.6. The van der Waals surface area contributed by atoms with Crippen LogP contribution in [0, 0.1) is 0 Å². The average Bonchev–Trinajstić information content (AvgIpc) is 2.25. The highest BCUT2D eigenvalue weighted by atomic mass is 19.4. The average molecular weight is 266 g/mol. The summed E-state index contributed by atoms with van der Waals surface area (Å²) in [6.45, 7) is 1.76. The van der Waals surface area contributed by atoms with E-state index in [0.717, 1.165) is 0 Å². The van der Waals surface area contributed by atoms with Crippen LogP contribution >= 0.6 is 0 Å². The van der Waals surface area contributed by atoms with Gasteiger partial charge in [-0.15, -0.1) is 0 Å². The molecule has 0 fully saturated rings. The molecule has 0 aromatic heterocycles. The summed E-state index contributed by atoms with van der Waals surface area (Å²) in [5, 5.41) is 0. The van der Waals surface area contributed by atoms with E-state index in [1.165, 1.54) is 7.11 Å². The fraction of sp³-hybridized carbons (Fsp3) is 0.750. The van der Waals surface area contributed by atoms with E-state index in [-0.39, 0.29) is 5.97 Å². The first-order chi connectivity index (χ1) is 7.54. The van der Waals surface area contributed by atoms with Crippen LogP contribution in [0.3, 0.4) is 0 Å². The van der Waals surface area contributed by atoms with Gasteiger partial charge >= 0.3 is 24.0 Å². The molecule has 0 aliphatic carbocycles. The summed E-state index contributed by atoms with van der Waals surface area (Å²) in [5.74, 6) is -8.18. The zero-order valence-corrected chi connectivity index (χ0v) is 9.23. The molecule has 0 aromatic rings. The second kappa shape index (κ2) is 7.02. The third kappa shape index (κ3) is 6.03. The maximum atomic E-state index is 11.7. The van der Waals surface area contributed by atoms with Gasteiger partial charge < -0.3 is 9.47 Å². The van der Waals surface area contributed by atoms with Crippen molar-refractivity contribution in [3.8, 4) is 0 Å². The molecule has 0 N–H and O–H groups in total. The zero-order valence-electron chi connectivity index (χ0n) is 9.23. The standard InChI is InChI=1S/C4H3F5O2.C4H8O2/c1-11-2(10)3(5,6)4(7,8)9;1-3-4(5)6-2/h1H3;3H2,1-2H3. The topological polar surface area (TPSA) is 52.6 Å². The van der Waals surface area contributed by atoms with Crippen LogP contribution in [0.15, 0.2) is 0 Å². The van der Waals surface area contributed by atoms with Gasteiger partial charge in [-0.2, -0.15) is 22.0 Å². The van der Waals surface area contributed by atoms with E-state index in [0.29, 0.717) is 13.5 Å². The molecular weight excluding hydrogens is 255 g/mol. The third-order valence-corrected chi connectivity index (χ3v) is 1.31. The molecule has 4 nitrogen and oxygen atoms in total. The minimum atomic E-state index is -5.89. The summed E-state index contributed by atoms with van der Waals surface area (Å²) in [4.78, 5) is 19.7. The lowest BCUT2D eigenvalue weighted by Crippen LogP contribution is -2.44. The molecule has 0 bridgehead atoms. The van der Waals surface area contributed by atoms with E-state index in [2.05, 4.69) is 9.47 Å². The van der Waals surface area contributed by atoms with E-state index in [4.69, 9.17) is 0 Å². The molecule has 0 radical (unpaired) electrons. The summed E-state index contributed by atoms with van der Waals surface area (Å²) in [6, 6.07) is 0. The molecule has 0 saturated carbocycles. The minimum absolute atomic E-state index is 0.157. The smallest absolute Gasteiger partial charge is 0.465 e. The summed E-state index contributed by atoms with van der Waals surface area (Å²) in [7, 11) is 1.83. The highest BCUT2D eigenvalue weighted by molar-refractivity contribution is 5.78. The zero-order chi connectivity index (χ0) is 14.3. The molecule has 0 spiro atoms. The number of alkyl halides is 5. The monoisotopic (exact) mass is 266 g/mol. The number of esters is 2. The molecule has 9 heteroatoms. The van der Waals surface area contributed by atoms with Crippen LogP contribution in [-0.2, 0) is 19.1 Å². The fourth-order valence-corrected chi connectivity index (χ4v) is 0.388. The SMILES string of the molecule is CCC(=O)OC.COC(=O)C(F)(F)C(F)(F)F. The lowest BCUT2D eigenvalue weighted by Gasteiger charge is -2.15. The molecular formula is C8H11F5O4. The number of hydrogen-bond acceptors (Lipinski definition) is 4. The maximum Gasteiger partial charge on any atom is 0.465 e. The van der Waals surface area contributed by atoms with Crippen molar-refractivity contribution in [2.24, 2.45) is 0 Å². The number of hydrogen-bond donors (Lipinski definition) is 0. The lowest BCUT2D eigenvalue weighted by atomic mass is 10.3. The number of methoxy groups -OCH3 is 2. The summed E-state index contributed by atoms with van der Waals surface area (Å²) >= 11 is 0. The Kier molecular flexibility index (Phi) is 7.42. The predicted molar refractivity (Wildman–Crippen MR) is 45.3 cm³/mol. The van der Waals surface area contributed by atoms with Crippen LogP contribution in [0.2, 0.25) is 0 Å². The van der Waals surface area contributed by atoms with Crippen molar-refractivity contribution in [3.05, 3.63) is 0 Å². The van der Waals surface area contributed by atoms with Gasteiger partial charge in [-0.3, -0.25) is 4.79 Å². The molecule has 0 aliphatic rings. The minimum Gasteiger partial charge on any atom is -0.469 e. The number of carbonyl (C=O) groups excluding carboxylic acids is 2. The molecule has 102 valence electrons. The number of carbonyl (C=O) groups is 2. The van der Waals surface area contributed by atoms with E-state index in [1.807, 2.05) is 0 Å². The normalized spacial score (nSPS) is 11.1. The van der Waals surface area contributed by atoms with Gasteiger partial charge in [0.25, 0.3) is 0 Å². The third-order valence-electron chi connectivity index (χ3n) is 1.31. The van der Waals surface area contributed by atoms with E-state index >= 15 is 0 Å². The number of halogens is 5. The molecule has 0 amide bonds. The van der Waals surface area contributed by atoms with Gasteiger partial charge in [-0.1, -0.05) is 6.92 Å². The highest BCUT2D eigenvalue weighted by Crippen LogP contribution is 2.35. The Morgan fingerprint density at radius 2 is 1.41 bits per heavy atom. The van der Waals surface area contributed by atoms with Crippen molar-refractivity contribution >= 4 is 11.9 Å². The van der Waals surface area contributed by atoms with Gasteiger partial charge in [0.1, 0.15) is 0 Å². The van der Waals surface area contributed by atoms with Gasteiger partial charge in [-0.25, -0.2) is 4.79 Å². The maximum absolute atomic E-state index is 11.7. The van der Waals surface area contributed by atoms with Crippen molar-refractivity contribution in [2.75, 3.05) is 14.2 Å².